The minimum absolute atomic E-state index is 0.176. The highest BCUT2D eigenvalue weighted by Crippen LogP contribution is 2.42. The maximum atomic E-state index is 13.6. The van der Waals surface area contributed by atoms with Crippen molar-refractivity contribution in [3.63, 3.8) is 0 Å². The first-order chi connectivity index (χ1) is 11.5. The fourth-order valence-corrected chi connectivity index (χ4v) is 3.51. The fourth-order valence-electron chi connectivity index (χ4n) is 3.51. The average molecular weight is 332 g/mol. The quantitative estimate of drug-likeness (QED) is 0.907. The van der Waals surface area contributed by atoms with Crippen molar-refractivity contribution in [1.82, 2.24) is 9.88 Å². The number of β-amino-alcohol motifs (C(OH)–C–C–N with tert-alkyl or cyclic N) is 1. The van der Waals surface area contributed by atoms with Crippen LogP contribution in [0.25, 0.3) is 0 Å². The molecule has 1 amide bonds. The molecule has 2 N–H and O–H groups in total. The molecule has 1 aliphatic carbocycles. The monoisotopic (exact) mass is 332 g/mol. The third-order valence-corrected chi connectivity index (χ3v) is 4.86. The highest BCUT2D eigenvalue weighted by atomic mass is 19.2. The van der Waals surface area contributed by atoms with Gasteiger partial charge in [0.2, 0.25) is 0 Å². The van der Waals surface area contributed by atoms with Crippen LogP contribution in [0.15, 0.2) is 30.5 Å². The van der Waals surface area contributed by atoms with E-state index in [-0.39, 0.29) is 12.5 Å². The second-order valence-corrected chi connectivity index (χ2v) is 6.62. The molecule has 1 saturated heterocycles. The first-order valence-electron chi connectivity index (χ1n) is 8.16. The van der Waals surface area contributed by atoms with E-state index in [4.69, 9.17) is 0 Å². The van der Waals surface area contributed by atoms with Gasteiger partial charge in [0, 0.05) is 18.4 Å². The zero-order chi connectivity index (χ0) is 16.8. The lowest BCUT2D eigenvalue weighted by atomic mass is 10.0. The number of nitrogens with one attached hydrogen (secondary N) is 1. The Bertz CT molecular complexity index is 785. The zero-order valence-corrected chi connectivity index (χ0v) is 13.0. The van der Waals surface area contributed by atoms with E-state index in [2.05, 4.69) is 4.98 Å². The number of carbonyl (C=O) groups is 1. The minimum Gasteiger partial charge on any atom is -0.391 e. The second-order valence-electron chi connectivity index (χ2n) is 6.62. The number of hydrogen-bond acceptors (Lipinski definition) is 2. The van der Waals surface area contributed by atoms with Gasteiger partial charge in [0.1, 0.15) is 0 Å². The Kier molecular flexibility index (Phi) is 3.64. The molecule has 0 bridgehead atoms. The van der Waals surface area contributed by atoms with E-state index in [9.17, 15) is 18.7 Å². The molecule has 4 rings (SSSR count). The van der Waals surface area contributed by atoms with Crippen molar-refractivity contribution in [2.75, 3.05) is 6.54 Å². The van der Waals surface area contributed by atoms with E-state index < -0.39 is 23.8 Å². The molecule has 4 nitrogen and oxygen atoms in total. The van der Waals surface area contributed by atoms with Crippen molar-refractivity contribution in [2.24, 2.45) is 0 Å². The van der Waals surface area contributed by atoms with Gasteiger partial charge >= 0.3 is 0 Å². The molecule has 2 heterocycles. The molecule has 1 aromatic carbocycles. The van der Waals surface area contributed by atoms with Gasteiger partial charge in [-0.05, 0) is 48.9 Å². The van der Waals surface area contributed by atoms with E-state index in [1.54, 1.807) is 17.2 Å². The summed E-state index contributed by atoms with van der Waals surface area (Å²) < 4.78 is 26.7. The third-order valence-electron chi connectivity index (χ3n) is 4.86. The van der Waals surface area contributed by atoms with E-state index in [0.717, 1.165) is 30.7 Å². The standard InChI is InChI=1S/C18H18F2N2O2/c19-14-4-3-11(7-15(14)20)16-8-12(23)9-22(16)18(24)13-5-6-21-17(13)10-1-2-10/h3-7,10,12,16,21,23H,1-2,8-9H2/t12-,16+/m1/s1. The van der Waals surface area contributed by atoms with Crippen LogP contribution in [-0.2, 0) is 0 Å². The molecular formula is C18H18F2N2O2. The summed E-state index contributed by atoms with van der Waals surface area (Å²) in [6, 6.07) is 4.94. The van der Waals surface area contributed by atoms with Crippen LogP contribution in [0.2, 0.25) is 0 Å². The van der Waals surface area contributed by atoms with Crippen LogP contribution in [0, 0.1) is 11.6 Å². The predicted octanol–water partition coefficient (Wildman–Crippen LogP) is 3.12. The number of aliphatic hydroxyl groups excluding tert-OH is 1. The van der Waals surface area contributed by atoms with E-state index >= 15 is 0 Å². The summed E-state index contributed by atoms with van der Waals surface area (Å²) in [7, 11) is 0. The molecule has 6 heteroatoms. The summed E-state index contributed by atoms with van der Waals surface area (Å²) in [6.45, 7) is 0.192. The van der Waals surface area contributed by atoms with Crippen molar-refractivity contribution >= 4 is 5.91 Å². The van der Waals surface area contributed by atoms with Crippen LogP contribution >= 0.6 is 0 Å². The lowest BCUT2D eigenvalue weighted by Gasteiger charge is -2.25. The highest BCUT2D eigenvalue weighted by Gasteiger charge is 2.38. The maximum absolute atomic E-state index is 13.6. The highest BCUT2D eigenvalue weighted by molar-refractivity contribution is 5.96. The van der Waals surface area contributed by atoms with Crippen LogP contribution in [0.5, 0.6) is 0 Å². The van der Waals surface area contributed by atoms with E-state index in [0.29, 0.717) is 23.5 Å². The maximum Gasteiger partial charge on any atom is 0.256 e. The van der Waals surface area contributed by atoms with Crippen molar-refractivity contribution in [3.8, 4) is 0 Å². The lowest BCUT2D eigenvalue weighted by Crippen LogP contribution is -2.32. The molecule has 0 unspecified atom stereocenters. The molecule has 2 fully saturated rings. The Hall–Kier alpha value is -2.21. The van der Waals surface area contributed by atoms with Gasteiger partial charge in [-0.25, -0.2) is 8.78 Å². The van der Waals surface area contributed by atoms with Crippen LogP contribution in [0.3, 0.4) is 0 Å². The molecule has 1 saturated carbocycles. The molecule has 0 radical (unpaired) electrons. The Morgan fingerprint density at radius 2 is 2.00 bits per heavy atom. The number of nitrogens with zero attached hydrogens (tertiary/aromatic N) is 1. The summed E-state index contributed by atoms with van der Waals surface area (Å²) in [5.41, 5.74) is 2.05. The van der Waals surface area contributed by atoms with Gasteiger partial charge in [-0.2, -0.15) is 0 Å². The molecule has 2 aliphatic rings. The number of carbonyl (C=O) groups excluding carboxylic acids is 1. The number of benzene rings is 1. The van der Waals surface area contributed by atoms with Crippen molar-refractivity contribution in [1.29, 1.82) is 0 Å². The van der Waals surface area contributed by atoms with Crippen LogP contribution < -0.4 is 0 Å². The van der Waals surface area contributed by atoms with Crippen LogP contribution in [0.1, 0.15) is 52.8 Å². The Morgan fingerprint density at radius 3 is 2.71 bits per heavy atom. The number of aromatic amines is 1. The summed E-state index contributed by atoms with van der Waals surface area (Å²) in [5, 5.41) is 10.0. The zero-order valence-electron chi connectivity index (χ0n) is 13.0. The first kappa shape index (κ1) is 15.3. The molecule has 2 aromatic rings. The first-order valence-corrected chi connectivity index (χ1v) is 8.16. The van der Waals surface area contributed by atoms with Crippen LogP contribution in [-0.4, -0.2) is 33.5 Å². The summed E-state index contributed by atoms with van der Waals surface area (Å²) in [6.07, 6.45) is 3.53. The number of halogens is 2. The molecule has 0 spiro atoms. The van der Waals surface area contributed by atoms with Gasteiger partial charge in [0.25, 0.3) is 5.91 Å². The normalized spacial score (nSPS) is 23.7. The van der Waals surface area contributed by atoms with Gasteiger partial charge in [0.05, 0.1) is 17.7 Å². The summed E-state index contributed by atoms with van der Waals surface area (Å²) >= 11 is 0. The molecule has 1 aromatic heterocycles. The number of aliphatic hydroxyl groups is 1. The van der Waals surface area contributed by atoms with E-state index in [1.165, 1.54) is 6.07 Å². The van der Waals surface area contributed by atoms with Gasteiger partial charge in [-0.15, -0.1) is 0 Å². The van der Waals surface area contributed by atoms with Gasteiger partial charge in [0.15, 0.2) is 11.6 Å². The topological polar surface area (TPSA) is 56.3 Å². The van der Waals surface area contributed by atoms with Crippen molar-refractivity contribution in [3.05, 3.63) is 58.9 Å². The number of aromatic nitrogens is 1. The Balaban J connectivity index is 1.65. The predicted molar refractivity (Wildman–Crippen MR) is 83.5 cm³/mol. The molecular weight excluding hydrogens is 314 g/mol. The number of rotatable bonds is 3. The van der Waals surface area contributed by atoms with Crippen LogP contribution in [0.4, 0.5) is 8.78 Å². The van der Waals surface area contributed by atoms with E-state index in [1.807, 2.05) is 0 Å². The number of H-pyrrole nitrogens is 1. The second kappa shape index (κ2) is 5.70. The minimum atomic E-state index is -0.943. The third kappa shape index (κ3) is 2.60. The average Bonchev–Trinajstić information content (AvgIpc) is 3.15. The molecule has 126 valence electrons. The summed E-state index contributed by atoms with van der Waals surface area (Å²) in [5.74, 6) is -1.64. The van der Waals surface area contributed by atoms with Gasteiger partial charge in [-0.3, -0.25) is 4.79 Å². The lowest BCUT2D eigenvalue weighted by molar-refractivity contribution is 0.0714. The van der Waals surface area contributed by atoms with Gasteiger partial charge in [-0.1, -0.05) is 6.07 Å². The fraction of sp³-hybridized carbons (Fsp3) is 0.389. The van der Waals surface area contributed by atoms with Gasteiger partial charge < -0.3 is 15.0 Å². The SMILES string of the molecule is O=C(c1cc[nH]c1C1CC1)N1C[C@H](O)C[C@H]1c1ccc(F)c(F)c1. The molecule has 2 atom stereocenters. The molecule has 1 aliphatic heterocycles. The number of amides is 1. The Labute approximate surface area is 138 Å². The smallest absolute Gasteiger partial charge is 0.256 e. The molecule has 24 heavy (non-hydrogen) atoms. The number of hydrogen-bond donors (Lipinski definition) is 2. The number of likely N-dealkylation sites (tertiary alicyclic amines) is 1. The largest absolute Gasteiger partial charge is 0.391 e. The van der Waals surface area contributed by atoms with Crippen molar-refractivity contribution in [2.45, 2.75) is 37.3 Å². The summed E-state index contributed by atoms with van der Waals surface area (Å²) in [4.78, 5) is 17.7. The van der Waals surface area contributed by atoms with Crippen molar-refractivity contribution < 1.29 is 18.7 Å². The Morgan fingerprint density at radius 1 is 1.21 bits per heavy atom.